The first-order valence-electron chi connectivity index (χ1n) is 7.04. The van der Waals surface area contributed by atoms with Gasteiger partial charge in [0.1, 0.15) is 0 Å². The maximum Gasteiger partial charge on any atom is 0.240 e. The molecule has 0 radical (unpaired) electrons. The second-order valence-electron chi connectivity index (χ2n) is 5.80. The number of hydrazine groups is 1. The van der Waals surface area contributed by atoms with Crippen LogP contribution in [0.5, 0.6) is 0 Å². The van der Waals surface area contributed by atoms with Crippen molar-refractivity contribution < 1.29 is 9.59 Å². The lowest BCUT2D eigenvalue weighted by atomic mass is 9.97. The summed E-state index contributed by atoms with van der Waals surface area (Å²) in [7, 11) is 0. The number of nitrogens with two attached hydrogens (primary N) is 1. The lowest BCUT2D eigenvalue weighted by molar-refractivity contribution is -0.135. The van der Waals surface area contributed by atoms with Gasteiger partial charge in [-0.25, -0.2) is 5.84 Å². The fourth-order valence-corrected chi connectivity index (χ4v) is 2.44. The van der Waals surface area contributed by atoms with Crippen LogP contribution in [0, 0.1) is 0 Å². The number of nitrogens with one attached hydrogen (secondary N) is 2. The molecule has 0 spiro atoms. The Morgan fingerprint density at radius 1 is 1.33 bits per heavy atom. The molecule has 6 heteroatoms. The van der Waals surface area contributed by atoms with E-state index >= 15 is 0 Å². The lowest BCUT2D eigenvalue weighted by Gasteiger charge is -2.41. The van der Waals surface area contributed by atoms with Gasteiger partial charge in [-0.2, -0.15) is 0 Å². The molecular weight excluding hydrogens is 268 g/mol. The van der Waals surface area contributed by atoms with Crippen LogP contribution in [0.4, 0.5) is 0 Å². The first kappa shape index (κ1) is 15.5. The molecule has 2 rings (SSSR count). The van der Waals surface area contributed by atoms with Crippen LogP contribution >= 0.6 is 0 Å². The molecule has 1 fully saturated rings. The number of amides is 2. The summed E-state index contributed by atoms with van der Waals surface area (Å²) < 4.78 is 0. The van der Waals surface area contributed by atoms with Crippen molar-refractivity contribution in [3.05, 3.63) is 35.4 Å². The minimum atomic E-state index is -0.504. The van der Waals surface area contributed by atoms with Crippen molar-refractivity contribution in [2.45, 2.75) is 32.4 Å². The van der Waals surface area contributed by atoms with E-state index in [1.807, 2.05) is 38.1 Å². The van der Waals surface area contributed by atoms with Crippen molar-refractivity contribution in [2.75, 3.05) is 13.1 Å². The van der Waals surface area contributed by atoms with Gasteiger partial charge in [-0.3, -0.25) is 19.9 Å². The summed E-state index contributed by atoms with van der Waals surface area (Å²) in [5.41, 5.74) is 3.65. The van der Waals surface area contributed by atoms with Gasteiger partial charge in [-0.1, -0.05) is 24.3 Å². The fourth-order valence-electron chi connectivity index (χ4n) is 2.44. The van der Waals surface area contributed by atoms with Gasteiger partial charge in [-0.15, -0.1) is 0 Å². The summed E-state index contributed by atoms with van der Waals surface area (Å²) in [6.45, 7) is 6.08. The molecule has 1 aliphatic heterocycles. The van der Waals surface area contributed by atoms with Crippen LogP contribution in [0.25, 0.3) is 0 Å². The number of nitrogens with zero attached hydrogens (tertiary/aromatic N) is 1. The van der Waals surface area contributed by atoms with Crippen molar-refractivity contribution >= 4 is 11.8 Å². The number of hydrogen-bond acceptors (Lipinski definition) is 4. The Morgan fingerprint density at radius 3 is 2.57 bits per heavy atom. The second-order valence-corrected chi connectivity index (χ2v) is 5.80. The van der Waals surface area contributed by atoms with E-state index in [0.29, 0.717) is 13.1 Å². The average Bonchev–Trinajstić information content (AvgIpc) is 2.46. The van der Waals surface area contributed by atoms with E-state index in [4.69, 9.17) is 5.84 Å². The smallest absolute Gasteiger partial charge is 0.240 e. The van der Waals surface area contributed by atoms with E-state index in [1.54, 1.807) is 0 Å². The number of carbonyl (C=O) groups is 2. The highest BCUT2D eigenvalue weighted by Crippen LogP contribution is 2.20. The average molecular weight is 290 g/mol. The highest BCUT2D eigenvalue weighted by atomic mass is 16.2. The van der Waals surface area contributed by atoms with E-state index in [0.717, 1.165) is 17.7 Å². The Kier molecular flexibility index (Phi) is 4.59. The Hall–Kier alpha value is -1.92. The van der Waals surface area contributed by atoms with Gasteiger partial charge in [0.25, 0.3) is 0 Å². The Labute approximate surface area is 124 Å². The number of hydrogen-bond donors (Lipinski definition) is 3. The van der Waals surface area contributed by atoms with Gasteiger partial charge in [-0.05, 0) is 25.0 Å². The van der Waals surface area contributed by atoms with Gasteiger partial charge in [0, 0.05) is 19.6 Å². The lowest BCUT2D eigenvalue weighted by Crippen LogP contribution is -2.61. The second kappa shape index (κ2) is 6.24. The molecule has 0 atom stereocenters. The molecular formula is C15H22N4O2. The van der Waals surface area contributed by atoms with Gasteiger partial charge in [0.05, 0.1) is 12.0 Å². The van der Waals surface area contributed by atoms with Crippen molar-refractivity contribution in [3.8, 4) is 0 Å². The van der Waals surface area contributed by atoms with Crippen LogP contribution in [0.1, 0.15) is 25.0 Å². The van der Waals surface area contributed by atoms with Crippen molar-refractivity contribution in [1.82, 2.24) is 15.6 Å². The molecule has 1 heterocycles. The molecule has 1 aromatic carbocycles. The van der Waals surface area contributed by atoms with Gasteiger partial charge >= 0.3 is 0 Å². The maximum absolute atomic E-state index is 11.9. The Balaban J connectivity index is 2.03. The van der Waals surface area contributed by atoms with Crippen molar-refractivity contribution in [3.63, 3.8) is 0 Å². The molecule has 6 nitrogen and oxygen atoms in total. The minimum Gasteiger partial charge on any atom is -0.353 e. The molecule has 0 unspecified atom stereocenters. The van der Waals surface area contributed by atoms with Crippen molar-refractivity contribution in [2.24, 2.45) is 5.84 Å². The molecule has 4 N–H and O–H groups in total. The molecule has 1 saturated heterocycles. The third-order valence-corrected chi connectivity index (χ3v) is 3.94. The number of piperazine rings is 1. The highest BCUT2D eigenvalue weighted by molar-refractivity contribution is 5.86. The van der Waals surface area contributed by atoms with E-state index < -0.39 is 5.54 Å². The number of benzene rings is 1. The van der Waals surface area contributed by atoms with E-state index in [-0.39, 0.29) is 18.2 Å². The molecule has 0 saturated carbocycles. The summed E-state index contributed by atoms with van der Waals surface area (Å²) in [5.74, 6) is 4.92. The predicted octanol–water partition coefficient (Wildman–Crippen LogP) is -0.0706. The molecule has 0 aliphatic carbocycles. The standard InChI is InChI=1S/C15H22N4O2/c1-15(2)14(21)17-7-8-19(15)10-12-5-3-11(4-6-12)9-13(20)18-16/h3-6H,7-10,16H2,1-2H3,(H,17,21)(H,18,20). The normalized spacial score (nSPS) is 18.1. The zero-order valence-corrected chi connectivity index (χ0v) is 12.5. The quantitative estimate of drug-likeness (QED) is 0.411. The van der Waals surface area contributed by atoms with Crippen LogP contribution in [-0.2, 0) is 22.6 Å². The SMILES string of the molecule is CC1(C)C(=O)NCCN1Cc1ccc(CC(=O)NN)cc1. The molecule has 0 aromatic heterocycles. The van der Waals surface area contributed by atoms with Gasteiger partial charge in [0.15, 0.2) is 0 Å². The van der Waals surface area contributed by atoms with Crippen LogP contribution in [-0.4, -0.2) is 35.3 Å². The minimum absolute atomic E-state index is 0.0602. The molecule has 1 aromatic rings. The predicted molar refractivity (Wildman–Crippen MR) is 80.0 cm³/mol. The topological polar surface area (TPSA) is 87.5 Å². The van der Waals surface area contributed by atoms with Crippen molar-refractivity contribution in [1.29, 1.82) is 0 Å². The largest absolute Gasteiger partial charge is 0.353 e. The van der Waals surface area contributed by atoms with Crippen LogP contribution < -0.4 is 16.6 Å². The summed E-state index contributed by atoms with van der Waals surface area (Å²) in [6.07, 6.45) is 0.272. The fraction of sp³-hybridized carbons (Fsp3) is 0.467. The third-order valence-electron chi connectivity index (χ3n) is 3.94. The molecule has 21 heavy (non-hydrogen) atoms. The summed E-state index contributed by atoms with van der Waals surface area (Å²) in [6, 6.07) is 7.81. The zero-order chi connectivity index (χ0) is 15.5. The zero-order valence-electron chi connectivity index (χ0n) is 12.5. The first-order valence-corrected chi connectivity index (χ1v) is 7.04. The molecule has 114 valence electrons. The Bertz CT molecular complexity index is 525. The monoisotopic (exact) mass is 290 g/mol. The summed E-state index contributed by atoms with van der Waals surface area (Å²) in [5, 5.41) is 2.89. The number of rotatable bonds is 4. The van der Waals surface area contributed by atoms with E-state index in [1.165, 1.54) is 0 Å². The molecule has 1 aliphatic rings. The maximum atomic E-state index is 11.9. The number of carbonyl (C=O) groups excluding carboxylic acids is 2. The van der Waals surface area contributed by atoms with Crippen LogP contribution in [0.2, 0.25) is 0 Å². The van der Waals surface area contributed by atoms with Crippen LogP contribution in [0.3, 0.4) is 0 Å². The first-order chi connectivity index (χ1) is 9.93. The molecule has 0 bridgehead atoms. The molecule has 2 amide bonds. The van der Waals surface area contributed by atoms with E-state index in [2.05, 4.69) is 15.6 Å². The summed E-state index contributed by atoms with van der Waals surface area (Å²) >= 11 is 0. The Morgan fingerprint density at radius 2 is 1.95 bits per heavy atom. The summed E-state index contributed by atoms with van der Waals surface area (Å²) in [4.78, 5) is 25.3. The highest BCUT2D eigenvalue weighted by Gasteiger charge is 2.37. The van der Waals surface area contributed by atoms with E-state index in [9.17, 15) is 9.59 Å². The third kappa shape index (κ3) is 3.59. The van der Waals surface area contributed by atoms with Gasteiger partial charge in [0.2, 0.25) is 11.8 Å². The van der Waals surface area contributed by atoms with Crippen LogP contribution in [0.15, 0.2) is 24.3 Å². The van der Waals surface area contributed by atoms with Gasteiger partial charge < -0.3 is 5.32 Å².